The monoisotopic (exact) mass is 285 g/mol. The number of nitro groups is 1. The first-order valence-electron chi connectivity index (χ1n) is 5.35. The molecule has 1 atom stereocenters. The van der Waals surface area contributed by atoms with E-state index in [9.17, 15) is 14.9 Å². The second-order valence-electron chi connectivity index (χ2n) is 3.72. The van der Waals surface area contributed by atoms with Gasteiger partial charge in [-0.05, 0) is 12.3 Å². The van der Waals surface area contributed by atoms with Crippen molar-refractivity contribution in [2.24, 2.45) is 5.10 Å². The summed E-state index contributed by atoms with van der Waals surface area (Å²) in [6.45, 7) is 0.360. The van der Waals surface area contributed by atoms with E-state index in [0.29, 0.717) is 12.3 Å². The summed E-state index contributed by atoms with van der Waals surface area (Å²) in [4.78, 5) is 21.2. The van der Waals surface area contributed by atoms with Crippen molar-refractivity contribution in [1.82, 2.24) is 5.01 Å². The maximum atomic E-state index is 11.4. The van der Waals surface area contributed by atoms with E-state index in [4.69, 9.17) is 9.15 Å². The Morgan fingerprint density at radius 2 is 2.47 bits per heavy atom. The standard InChI is InChI=1S/C10H11N3O5S/c1-19-6-8-5-12(10(14)18-8)11-4-7-2-3-9(17-7)13(15)16/h2-4,8H,5-6H2,1H3/b11-4-/t8-/m1/s1. The van der Waals surface area contributed by atoms with Crippen LogP contribution in [0.5, 0.6) is 0 Å². The molecule has 2 heterocycles. The second-order valence-corrected chi connectivity index (χ2v) is 4.63. The maximum Gasteiger partial charge on any atom is 0.433 e. The molecule has 1 aromatic rings. The van der Waals surface area contributed by atoms with Crippen molar-refractivity contribution in [2.75, 3.05) is 18.6 Å². The lowest BCUT2D eigenvalue weighted by Gasteiger charge is -2.04. The Morgan fingerprint density at radius 1 is 1.68 bits per heavy atom. The number of thioether (sulfide) groups is 1. The predicted octanol–water partition coefficient (Wildman–Crippen LogP) is 1.71. The Morgan fingerprint density at radius 3 is 3.11 bits per heavy atom. The lowest BCUT2D eigenvalue weighted by molar-refractivity contribution is -0.402. The van der Waals surface area contributed by atoms with Crippen molar-refractivity contribution in [1.29, 1.82) is 0 Å². The molecule has 0 radical (unpaired) electrons. The molecule has 1 aromatic heterocycles. The largest absolute Gasteiger partial charge is 0.442 e. The average molecular weight is 285 g/mol. The molecular weight excluding hydrogens is 274 g/mol. The van der Waals surface area contributed by atoms with E-state index in [1.54, 1.807) is 11.8 Å². The highest BCUT2D eigenvalue weighted by atomic mass is 32.2. The number of nitrogens with zero attached hydrogens (tertiary/aromatic N) is 3. The molecule has 1 amide bonds. The molecule has 102 valence electrons. The van der Waals surface area contributed by atoms with Gasteiger partial charge in [-0.2, -0.15) is 21.9 Å². The van der Waals surface area contributed by atoms with E-state index < -0.39 is 11.0 Å². The fraction of sp³-hybridized carbons (Fsp3) is 0.400. The smallest absolute Gasteiger partial charge is 0.433 e. The van der Waals surface area contributed by atoms with Gasteiger partial charge in [0.15, 0.2) is 5.76 Å². The topological polar surface area (TPSA) is 98.2 Å². The van der Waals surface area contributed by atoms with E-state index in [0.717, 1.165) is 5.01 Å². The highest BCUT2D eigenvalue weighted by Gasteiger charge is 2.30. The first-order chi connectivity index (χ1) is 9.10. The van der Waals surface area contributed by atoms with Crippen LogP contribution in [0.3, 0.4) is 0 Å². The molecule has 1 saturated heterocycles. The number of furan rings is 1. The second kappa shape index (κ2) is 5.74. The van der Waals surface area contributed by atoms with Crippen LogP contribution in [0.4, 0.5) is 10.7 Å². The van der Waals surface area contributed by atoms with Gasteiger partial charge in [0.2, 0.25) is 0 Å². The summed E-state index contributed by atoms with van der Waals surface area (Å²) in [5.41, 5.74) is 0. The Balaban J connectivity index is 1.98. The van der Waals surface area contributed by atoms with Crippen LogP contribution in [0.25, 0.3) is 0 Å². The Bertz CT molecular complexity index is 515. The predicted molar refractivity (Wildman–Crippen MR) is 68.3 cm³/mol. The number of carbonyl (C=O) groups excluding carboxylic acids is 1. The van der Waals surface area contributed by atoms with Gasteiger partial charge < -0.3 is 9.15 Å². The van der Waals surface area contributed by atoms with Crippen molar-refractivity contribution < 1.29 is 18.9 Å². The summed E-state index contributed by atoms with van der Waals surface area (Å²) in [6, 6.07) is 2.63. The van der Waals surface area contributed by atoms with Crippen LogP contribution < -0.4 is 0 Å². The van der Waals surface area contributed by atoms with E-state index in [1.165, 1.54) is 18.3 Å². The number of amides is 1. The molecule has 9 heteroatoms. The van der Waals surface area contributed by atoms with Crippen LogP contribution in [0.1, 0.15) is 5.76 Å². The van der Waals surface area contributed by atoms with Crippen LogP contribution in [-0.4, -0.2) is 46.9 Å². The molecule has 0 aliphatic carbocycles. The van der Waals surface area contributed by atoms with Crippen molar-refractivity contribution in [3.05, 3.63) is 28.0 Å². The van der Waals surface area contributed by atoms with Crippen LogP contribution >= 0.6 is 11.8 Å². The van der Waals surface area contributed by atoms with Crippen molar-refractivity contribution >= 4 is 30.0 Å². The highest BCUT2D eigenvalue weighted by molar-refractivity contribution is 7.98. The number of hydrogen-bond acceptors (Lipinski definition) is 7. The molecule has 2 rings (SSSR count). The molecule has 1 fully saturated rings. The first kappa shape index (κ1) is 13.4. The Hall–Kier alpha value is -2.03. The summed E-state index contributed by atoms with van der Waals surface area (Å²) in [5, 5.41) is 15.5. The van der Waals surface area contributed by atoms with Gasteiger partial charge in [-0.3, -0.25) is 10.1 Å². The van der Waals surface area contributed by atoms with E-state index in [2.05, 4.69) is 5.10 Å². The molecule has 0 unspecified atom stereocenters. The Labute approximate surface area is 112 Å². The Kier molecular flexibility index (Phi) is 4.05. The fourth-order valence-electron chi connectivity index (χ4n) is 1.51. The summed E-state index contributed by atoms with van der Waals surface area (Å²) in [5.74, 6) is 0.530. The third-order valence-corrected chi connectivity index (χ3v) is 3.03. The zero-order valence-corrected chi connectivity index (χ0v) is 10.8. The first-order valence-corrected chi connectivity index (χ1v) is 6.75. The summed E-state index contributed by atoms with van der Waals surface area (Å²) in [6.07, 6.45) is 2.44. The van der Waals surface area contributed by atoms with Crippen LogP contribution in [-0.2, 0) is 4.74 Å². The molecule has 1 aliphatic heterocycles. The van der Waals surface area contributed by atoms with Gasteiger partial charge in [0.05, 0.1) is 18.8 Å². The third-order valence-electron chi connectivity index (χ3n) is 2.32. The molecule has 0 N–H and O–H groups in total. The lowest BCUT2D eigenvalue weighted by atomic mass is 10.4. The summed E-state index contributed by atoms with van der Waals surface area (Å²) < 4.78 is 9.94. The fourth-order valence-corrected chi connectivity index (χ4v) is 2.06. The SMILES string of the molecule is CSC[C@H]1CN(/N=C\c2ccc([N+](=O)[O-])o2)C(=O)O1. The van der Waals surface area contributed by atoms with Crippen LogP contribution in [0.15, 0.2) is 21.7 Å². The van der Waals surface area contributed by atoms with Gasteiger partial charge in [-0.15, -0.1) is 0 Å². The van der Waals surface area contributed by atoms with E-state index in [1.807, 2.05) is 6.26 Å². The minimum atomic E-state index is -0.643. The summed E-state index contributed by atoms with van der Waals surface area (Å²) in [7, 11) is 0. The van der Waals surface area contributed by atoms with Gasteiger partial charge in [-0.25, -0.2) is 4.79 Å². The zero-order valence-electron chi connectivity index (χ0n) is 10.0. The van der Waals surface area contributed by atoms with Crippen LogP contribution in [0, 0.1) is 10.1 Å². The normalized spacial score (nSPS) is 19.1. The third kappa shape index (κ3) is 3.25. The molecule has 0 spiro atoms. The van der Waals surface area contributed by atoms with Gasteiger partial charge >= 0.3 is 12.0 Å². The quantitative estimate of drug-likeness (QED) is 0.464. The average Bonchev–Trinajstić information content (AvgIpc) is 2.94. The minimum Gasteiger partial charge on any atom is -0.442 e. The van der Waals surface area contributed by atoms with Crippen molar-refractivity contribution in [3.63, 3.8) is 0 Å². The van der Waals surface area contributed by atoms with Crippen molar-refractivity contribution in [2.45, 2.75) is 6.10 Å². The number of carbonyl (C=O) groups is 1. The van der Waals surface area contributed by atoms with Gasteiger partial charge in [-0.1, -0.05) is 0 Å². The van der Waals surface area contributed by atoms with E-state index in [-0.39, 0.29) is 17.7 Å². The molecule has 8 nitrogen and oxygen atoms in total. The minimum absolute atomic E-state index is 0.189. The molecule has 0 bridgehead atoms. The molecule has 19 heavy (non-hydrogen) atoms. The van der Waals surface area contributed by atoms with E-state index >= 15 is 0 Å². The van der Waals surface area contributed by atoms with Gasteiger partial charge in [0, 0.05) is 5.75 Å². The number of hydrazone groups is 1. The lowest BCUT2D eigenvalue weighted by Crippen LogP contribution is -2.19. The number of hydrogen-bond donors (Lipinski definition) is 0. The number of ether oxygens (including phenoxy) is 1. The zero-order chi connectivity index (χ0) is 13.8. The van der Waals surface area contributed by atoms with Gasteiger partial charge in [0.25, 0.3) is 0 Å². The summed E-state index contributed by atoms with van der Waals surface area (Å²) >= 11 is 1.57. The number of rotatable bonds is 5. The molecule has 0 aromatic carbocycles. The highest BCUT2D eigenvalue weighted by Crippen LogP contribution is 2.16. The van der Waals surface area contributed by atoms with Crippen molar-refractivity contribution in [3.8, 4) is 0 Å². The maximum absolute atomic E-state index is 11.4. The number of cyclic esters (lactones) is 1. The van der Waals surface area contributed by atoms with Gasteiger partial charge in [0.1, 0.15) is 11.0 Å². The molecule has 0 saturated carbocycles. The molecule has 1 aliphatic rings. The molecular formula is C10H11N3O5S. The van der Waals surface area contributed by atoms with Crippen LogP contribution in [0.2, 0.25) is 0 Å².